The standard InChI is InChI=1S/C9H17NO2/c1-4-7-5-9(3,10)8(11)6(2)12-7/h4,6-8,11H,1,5,10H2,2-3H3/t6-,7-,8-,9-/m0/s1. The van der Waals surface area contributed by atoms with Crippen LogP contribution in [0, 0.1) is 0 Å². The highest BCUT2D eigenvalue weighted by molar-refractivity contribution is 5.00. The van der Waals surface area contributed by atoms with Crippen molar-refractivity contribution in [3.05, 3.63) is 12.7 Å². The topological polar surface area (TPSA) is 55.5 Å². The van der Waals surface area contributed by atoms with Crippen LogP contribution in [0.4, 0.5) is 0 Å². The zero-order chi connectivity index (χ0) is 9.35. The summed E-state index contributed by atoms with van der Waals surface area (Å²) in [4.78, 5) is 0. The van der Waals surface area contributed by atoms with Gasteiger partial charge in [0.05, 0.1) is 18.3 Å². The van der Waals surface area contributed by atoms with Gasteiger partial charge in [-0.15, -0.1) is 6.58 Å². The molecule has 70 valence electrons. The van der Waals surface area contributed by atoms with E-state index < -0.39 is 11.6 Å². The van der Waals surface area contributed by atoms with Crippen molar-refractivity contribution in [2.45, 2.75) is 44.1 Å². The van der Waals surface area contributed by atoms with E-state index >= 15 is 0 Å². The first-order valence-electron chi connectivity index (χ1n) is 4.22. The molecule has 0 aromatic heterocycles. The molecule has 0 radical (unpaired) electrons. The van der Waals surface area contributed by atoms with Crippen LogP contribution in [0.3, 0.4) is 0 Å². The average molecular weight is 171 g/mol. The van der Waals surface area contributed by atoms with Crippen molar-refractivity contribution in [2.24, 2.45) is 5.73 Å². The minimum Gasteiger partial charge on any atom is -0.389 e. The lowest BCUT2D eigenvalue weighted by Gasteiger charge is -2.42. The fourth-order valence-electron chi connectivity index (χ4n) is 1.63. The second-order valence-electron chi connectivity index (χ2n) is 3.77. The number of ether oxygens (including phenoxy) is 1. The van der Waals surface area contributed by atoms with Gasteiger partial charge in [0.15, 0.2) is 0 Å². The Labute approximate surface area is 73.2 Å². The van der Waals surface area contributed by atoms with Gasteiger partial charge in [0.2, 0.25) is 0 Å². The maximum atomic E-state index is 9.63. The van der Waals surface area contributed by atoms with Crippen LogP contribution in [0.15, 0.2) is 12.7 Å². The normalized spacial score (nSPS) is 48.8. The molecular weight excluding hydrogens is 154 g/mol. The van der Waals surface area contributed by atoms with E-state index in [0.717, 1.165) is 0 Å². The quantitative estimate of drug-likeness (QED) is 0.562. The Morgan fingerprint density at radius 3 is 2.75 bits per heavy atom. The fourth-order valence-corrected chi connectivity index (χ4v) is 1.63. The van der Waals surface area contributed by atoms with Gasteiger partial charge in [0.25, 0.3) is 0 Å². The number of hydrogen-bond donors (Lipinski definition) is 2. The third-order valence-corrected chi connectivity index (χ3v) is 2.41. The largest absolute Gasteiger partial charge is 0.389 e. The SMILES string of the molecule is C=C[C@H]1C[C@](C)(N)[C@@H](O)[C@H](C)O1. The molecule has 0 amide bonds. The Balaban J connectivity index is 2.71. The van der Waals surface area contributed by atoms with E-state index in [2.05, 4.69) is 6.58 Å². The number of aliphatic hydroxyl groups excluding tert-OH is 1. The molecule has 1 aliphatic heterocycles. The maximum absolute atomic E-state index is 9.63. The number of rotatable bonds is 1. The van der Waals surface area contributed by atoms with Gasteiger partial charge >= 0.3 is 0 Å². The molecule has 0 aliphatic carbocycles. The first-order chi connectivity index (χ1) is 5.47. The molecule has 0 saturated carbocycles. The molecule has 1 saturated heterocycles. The van der Waals surface area contributed by atoms with Crippen LogP contribution in [-0.2, 0) is 4.74 Å². The second-order valence-corrected chi connectivity index (χ2v) is 3.77. The van der Waals surface area contributed by atoms with Crippen LogP contribution >= 0.6 is 0 Å². The molecular formula is C9H17NO2. The van der Waals surface area contributed by atoms with Crippen molar-refractivity contribution in [3.63, 3.8) is 0 Å². The first kappa shape index (κ1) is 9.71. The van der Waals surface area contributed by atoms with Crippen molar-refractivity contribution >= 4 is 0 Å². The van der Waals surface area contributed by atoms with Crippen molar-refractivity contribution in [3.8, 4) is 0 Å². The van der Waals surface area contributed by atoms with E-state index in [4.69, 9.17) is 10.5 Å². The summed E-state index contributed by atoms with van der Waals surface area (Å²) in [6.07, 6.45) is 1.53. The zero-order valence-corrected chi connectivity index (χ0v) is 7.66. The van der Waals surface area contributed by atoms with E-state index in [-0.39, 0.29) is 12.2 Å². The third kappa shape index (κ3) is 1.68. The fraction of sp³-hybridized carbons (Fsp3) is 0.778. The molecule has 1 rings (SSSR count). The average Bonchev–Trinajstić information content (AvgIpc) is 1.99. The summed E-state index contributed by atoms with van der Waals surface area (Å²) < 4.78 is 5.44. The summed E-state index contributed by atoms with van der Waals surface area (Å²) in [6.45, 7) is 7.31. The summed E-state index contributed by atoms with van der Waals surface area (Å²) in [6, 6.07) is 0. The van der Waals surface area contributed by atoms with Gasteiger partial charge in [-0.3, -0.25) is 0 Å². The highest BCUT2D eigenvalue weighted by Crippen LogP contribution is 2.27. The molecule has 3 nitrogen and oxygen atoms in total. The van der Waals surface area contributed by atoms with E-state index in [1.807, 2.05) is 13.8 Å². The molecule has 3 heteroatoms. The van der Waals surface area contributed by atoms with Gasteiger partial charge in [0.1, 0.15) is 0 Å². The van der Waals surface area contributed by atoms with Gasteiger partial charge in [-0.1, -0.05) is 6.08 Å². The minimum absolute atomic E-state index is 0.0293. The summed E-state index contributed by atoms with van der Waals surface area (Å²) in [5, 5.41) is 9.63. The molecule has 4 atom stereocenters. The molecule has 0 aromatic carbocycles. The van der Waals surface area contributed by atoms with Crippen molar-refractivity contribution in [2.75, 3.05) is 0 Å². The van der Waals surface area contributed by atoms with Crippen molar-refractivity contribution in [1.82, 2.24) is 0 Å². The Kier molecular flexibility index (Phi) is 2.56. The van der Waals surface area contributed by atoms with E-state index in [9.17, 15) is 5.11 Å². The summed E-state index contributed by atoms with van der Waals surface area (Å²) in [5.74, 6) is 0. The van der Waals surface area contributed by atoms with E-state index in [1.54, 1.807) is 6.08 Å². The molecule has 3 N–H and O–H groups in total. The number of hydrogen-bond acceptors (Lipinski definition) is 3. The molecule has 1 heterocycles. The lowest BCUT2D eigenvalue weighted by molar-refractivity contribution is -0.126. The predicted molar refractivity (Wildman–Crippen MR) is 47.7 cm³/mol. The Bertz CT molecular complexity index is 179. The Morgan fingerprint density at radius 1 is 1.75 bits per heavy atom. The molecule has 0 spiro atoms. The van der Waals surface area contributed by atoms with Crippen LogP contribution in [0.1, 0.15) is 20.3 Å². The molecule has 1 fully saturated rings. The Hall–Kier alpha value is -0.380. The first-order valence-corrected chi connectivity index (χ1v) is 4.22. The number of aliphatic hydroxyl groups is 1. The lowest BCUT2D eigenvalue weighted by atomic mass is 9.84. The minimum atomic E-state index is -0.589. The summed E-state index contributed by atoms with van der Waals surface area (Å²) in [7, 11) is 0. The van der Waals surface area contributed by atoms with Gasteiger partial charge in [-0.2, -0.15) is 0 Å². The van der Waals surface area contributed by atoms with Crippen LogP contribution in [-0.4, -0.2) is 29.0 Å². The maximum Gasteiger partial charge on any atom is 0.0976 e. The second kappa shape index (κ2) is 3.17. The highest BCUT2D eigenvalue weighted by Gasteiger charge is 2.40. The van der Waals surface area contributed by atoms with Crippen LogP contribution in [0.2, 0.25) is 0 Å². The Morgan fingerprint density at radius 2 is 2.33 bits per heavy atom. The van der Waals surface area contributed by atoms with Crippen LogP contribution < -0.4 is 5.73 Å². The smallest absolute Gasteiger partial charge is 0.0976 e. The van der Waals surface area contributed by atoms with Crippen LogP contribution in [0.5, 0.6) is 0 Å². The van der Waals surface area contributed by atoms with Gasteiger partial charge in [-0.25, -0.2) is 0 Å². The van der Waals surface area contributed by atoms with Gasteiger partial charge in [0, 0.05) is 5.54 Å². The van der Waals surface area contributed by atoms with Gasteiger partial charge in [-0.05, 0) is 20.3 Å². The molecule has 0 unspecified atom stereocenters. The molecule has 0 aromatic rings. The third-order valence-electron chi connectivity index (χ3n) is 2.41. The van der Waals surface area contributed by atoms with Crippen molar-refractivity contribution in [1.29, 1.82) is 0 Å². The van der Waals surface area contributed by atoms with E-state index in [0.29, 0.717) is 6.42 Å². The van der Waals surface area contributed by atoms with Gasteiger partial charge < -0.3 is 15.6 Å². The monoisotopic (exact) mass is 171 g/mol. The lowest BCUT2D eigenvalue weighted by Crippen LogP contribution is -2.59. The number of nitrogens with two attached hydrogens (primary N) is 1. The molecule has 0 bridgehead atoms. The summed E-state index contributed by atoms with van der Waals surface area (Å²) >= 11 is 0. The highest BCUT2D eigenvalue weighted by atomic mass is 16.5. The van der Waals surface area contributed by atoms with Crippen LogP contribution in [0.25, 0.3) is 0 Å². The van der Waals surface area contributed by atoms with Crippen molar-refractivity contribution < 1.29 is 9.84 Å². The zero-order valence-electron chi connectivity index (χ0n) is 7.66. The van der Waals surface area contributed by atoms with E-state index in [1.165, 1.54) is 0 Å². The summed E-state index contributed by atoms with van der Waals surface area (Å²) in [5.41, 5.74) is 5.34. The predicted octanol–water partition coefficient (Wildman–Crippen LogP) is 0.428. The molecule has 1 aliphatic rings. The molecule has 12 heavy (non-hydrogen) atoms.